The van der Waals surface area contributed by atoms with Gasteiger partial charge < -0.3 is 9.64 Å². The van der Waals surface area contributed by atoms with E-state index < -0.39 is 0 Å². The van der Waals surface area contributed by atoms with Crippen LogP contribution >= 0.6 is 0 Å². The lowest BCUT2D eigenvalue weighted by Crippen LogP contribution is -2.30. The van der Waals surface area contributed by atoms with Crippen LogP contribution in [0.25, 0.3) is 6.08 Å². The van der Waals surface area contributed by atoms with Crippen LogP contribution in [-0.2, 0) is 4.79 Å². The minimum atomic E-state index is 0.130. The molecule has 1 aliphatic rings. The zero-order valence-electron chi connectivity index (χ0n) is 13.6. The van der Waals surface area contributed by atoms with Crippen molar-refractivity contribution in [3.05, 3.63) is 35.9 Å². The third kappa shape index (κ3) is 5.55. The van der Waals surface area contributed by atoms with Crippen molar-refractivity contribution < 1.29 is 9.53 Å². The van der Waals surface area contributed by atoms with Crippen molar-refractivity contribution in [2.75, 3.05) is 19.7 Å². The van der Waals surface area contributed by atoms with Gasteiger partial charge in [-0.3, -0.25) is 4.79 Å². The standard InChI is InChI=1S/C19H27NO2/c1-2-3-16-22-18-11-8-17(9-12-18)10-13-19(21)20-14-6-4-5-7-15-20/h8-13H,2-7,14-16H2,1H3/b13-10+. The molecule has 0 atom stereocenters. The quantitative estimate of drug-likeness (QED) is 0.580. The highest BCUT2D eigenvalue weighted by molar-refractivity contribution is 5.91. The van der Waals surface area contributed by atoms with Gasteiger partial charge in [0.1, 0.15) is 5.75 Å². The Balaban J connectivity index is 1.85. The molecular formula is C19H27NO2. The zero-order chi connectivity index (χ0) is 15.6. The van der Waals surface area contributed by atoms with Gasteiger partial charge in [-0.1, -0.05) is 38.3 Å². The van der Waals surface area contributed by atoms with Crippen LogP contribution in [-0.4, -0.2) is 30.5 Å². The average molecular weight is 301 g/mol. The molecule has 0 saturated carbocycles. The van der Waals surface area contributed by atoms with E-state index in [1.165, 1.54) is 12.8 Å². The van der Waals surface area contributed by atoms with Crippen LogP contribution in [0.15, 0.2) is 30.3 Å². The van der Waals surface area contributed by atoms with E-state index in [2.05, 4.69) is 6.92 Å². The largest absolute Gasteiger partial charge is 0.494 e. The summed E-state index contributed by atoms with van der Waals surface area (Å²) in [5, 5.41) is 0. The van der Waals surface area contributed by atoms with Crippen molar-refractivity contribution in [2.45, 2.75) is 45.4 Å². The molecule has 22 heavy (non-hydrogen) atoms. The molecular weight excluding hydrogens is 274 g/mol. The topological polar surface area (TPSA) is 29.5 Å². The Kier molecular flexibility index (Phi) is 7.01. The van der Waals surface area contributed by atoms with E-state index in [0.717, 1.165) is 56.7 Å². The van der Waals surface area contributed by atoms with Crippen molar-refractivity contribution in [1.82, 2.24) is 4.90 Å². The summed E-state index contributed by atoms with van der Waals surface area (Å²) in [6, 6.07) is 7.92. The highest BCUT2D eigenvalue weighted by Gasteiger charge is 2.12. The summed E-state index contributed by atoms with van der Waals surface area (Å²) in [5.74, 6) is 1.02. The van der Waals surface area contributed by atoms with Gasteiger partial charge in [-0.15, -0.1) is 0 Å². The Morgan fingerprint density at radius 1 is 1.14 bits per heavy atom. The number of amides is 1. The summed E-state index contributed by atoms with van der Waals surface area (Å²) in [6.07, 6.45) is 10.5. The van der Waals surface area contributed by atoms with Crippen LogP contribution in [0.3, 0.4) is 0 Å². The lowest BCUT2D eigenvalue weighted by Gasteiger charge is -2.17. The summed E-state index contributed by atoms with van der Waals surface area (Å²) >= 11 is 0. The van der Waals surface area contributed by atoms with E-state index in [0.29, 0.717) is 0 Å². The smallest absolute Gasteiger partial charge is 0.246 e. The number of benzene rings is 1. The minimum absolute atomic E-state index is 0.130. The molecule has 1 aliphatic heterocycles. The average Bonchev–Trinajstić information content (AvgIpc) is 2.83. The molecule has 1 fully saturated rings. The number of nitrogens with zero attached hydrogens (tertiary/aromatic N) is 1. The molecule has 0 spiro atoms. The Labute approximate surface area is 134 Å². The normalized spacial score (nSPS) is 15.8. The van der Waals surface area contributed by atoms with Crippen LogP contribution in [0.2, 0.25) is 0 Å². The maximum atomic E-state index is 12.2. The molecule has 120 valence electrons. The number of hydrogen-bond donors (Lipinski definition) is 0. The predicted molar refractivity (Wildman–Crippen MR) is 90.9 cm³/mol. The van der Waals surface area contributed by atoms with Gasteiger partial charge in [0.05, 0.1) is 6.61 Å². The van der Waals surface area contributed by atoms with Crippen LogP contribution in [0.4, 0.5) is 0 Å². The number of likely N-dealkylation sites (tertiary alicyclic amines) is 1. The molecule has 1 aromatic carbocycles. The molecule has 3 heteroatoms. The third-order valence-corrected chi connectivity index (χ3v) is 3.98. The fraction of sp³-hybridized carbons (Fsp3) is 0.526. The Bertz CT molecular complexity index is 471. The van der Waals surface area contributed by atoms with E-state index in [9.17, 15) is 4.79 Å². The highest BCUT2D eigenvalue weighted by atomic mass is 16.5. The van der Waals surface area contributed by atoms with Crippen molar-refractivity contribution in [3.8, 4) is 5.75 Å². The molecule has 3 nitrogen and oxygen atoms in total. The van der Waals surface area contributed by atoms with Crippen LogP contribution in [0.5, 0.6) is 5.75 Å². The Hall–Kier alpha value is -1.77. The van der Waals surface area contributed by atoms with Gasteiger partial charge in [0.15, 0.2) is 0 Å². The molecule has 1 saturated heterocycles. The van der Waals surface area contributed by atoms with E-state index >= 15 is 0 Å². The Morgan fingerprint density at radius 3 is 2.45 bits per heavy atom. The van der Waals surface area contributed by atoms with Crippen LogP contribution in [0, 0.1) is 0 Å². The second-order valence-corrected chi connectivity index (χ2v) is 5.84. The van der Waals surface area contributed by atoms with Gasteiger partial charge in [0.25, 0.3) is 0 Å². The van der Waals surface area contributed by atoms with Crippen LogP contribution in [0.1, 0.15) is 51.0 Å². The first kappa shape index (κ1) is 16.6. The van der Waals surface area contributed by atoms with Gasteiger partial charge in [-0.05, 0) is 43.0 Å². The fourth-order valence-corrected chi connectivity index (χ4v) is 2.57. The molecule has 1 aromatic rings. The van der Waals surface area contributed by atoms with Gasteiger partial charge in [0, 0.05) is 19.2 Å². The highest BCUT2D eigenvalue weighted by Crippen LogP contribution is 2.14. The second-order valence-electron chi connectivity index (χ2n) is 5.84. The zero-order valence-corrected chi connectivity index (χ0v) is 13.6. The maximum Gasteiger partial charge on any atom is 0.246 e. The molecule has 0 bridgehead atoms. The third-order valence-electron chi connectivity index (χ3n) is 3.98. The summed E-state index contributed by atoms with van der Waals surface area (Å²) in [5.41, 5.74) is 1.03. The molecule has 0 aromatic heterocycles. The van der Waals surface area contributed by atoms with Crippen molar-refractivity contribution >= 4 is 12.0 Å². The number of hydrogen-bond acceptors (Lipinski definition) is 2. The summed E-state index contributed by atoms with van der Waals surface area (Å²) in [7, 11) is 0. The second kappa shape index (κ2) is 9.29. The van der Waals surface area contributed by atoms with Gasteiger partial charge in [-0.25, -0.2) is 0 Å². The molecule has 2 rings (SSSR count). The van der Waals surface area contributed by atoms with Gasteiger partial charge >= 0.3 is 0 Å². The van der Waals surface area contributed by atoms with Crippen molar-refractivity contribution in [3.63, 3.8) is 0 Å². The number of ether oxygens (including phenoxy) is 1. The minimum Gasteiger partial charge on any atom is -0.494 e. The maximum absolute atomic E-state index is 12.2. The van der Waals surface area contributed by atoms with E-state index in [1.807, 2.05) is 35.2 Å². The van der Waals surface area contributed by atoms with Gasteiger partial charge in [0.2, 0.25) is 5.91 Å². The van der Waals surface area contributed by atoms with Gasteiger partial charge in [-0.2, -0.15) is 0 Å². The first-order valence-electron chi connectivity index (χ1n) is 8.49. The molecule has 0 unspecified atom stereocenters. The number of carbonyl (C=O) groups excluding carboxylic acids is 1. The van der Waals surface area contributed by atoms with Crippen LogP contribution < -0.4 is 4.74 Å². The SMILES string of the molecule is CCCCOc1ccc(/C=C/C(=O)N2CCCCCC2)cc1. The van der Waals surface area contributed by atoms with E-state index in [4.69, 9.17) is 4.74 Å². The molecule has 1 heterocycles. The van der Waals surface area contributed by atoms with Crippen molar-refractivity contribution in [1.29, 1.82) is 0 Å². The fourth-order valence-electron chi connectivity index (χ4n) is 2.57. The Morgan fingerprint density at radius 2 is 1.82 bits per heavy atom. The van der Waals surface area contributed by atoms with E-state index in [-0.39, 0.29) is 5.91 Å². The number of rotatable bonds is 6. The summed E-state index contributed by atoms with van der Waals surface area (Å²) in [4.78, 5) is 14.1. The first-order valence-corrected chi connectivity index (χ1v) is 8.49. The molecule has 1 amide bonds. The molecule has 0 N–H and O–H groups in total. The summed E-state index contributed by atoms with van der Waals surface area (Å²) < 4.78 is 5.64. The monoisotopic (exact) mass is 301 g/mol. The molecule has 0 radical (unpaired) electrons. The predicted octanol–water partition coefficient (Wildman–Crippen LogP) is 4.28. The first-order chi connectivity index (χ1) is 10.8. The lowest BCUT2D eigenvalue weighted by atomic mass is 10.2. The number of unbranched alkanes of at least 4 members (excludes halogenated alkanes) is 1. The number of carbonyl (C=O) groups is 1. The van der Waals surface area contributed by atoms with Crippen molar-refractivity contribution in [2.24, 2.45) is 0 Å². The van der Waals surface area contributed by atoms with E-state index in [1.54, 1.807) is 6.08 Å². The summed E-state index contributed by atoms with van der Waals surface area (Å²) in [6.45, 7) is 4.71. The molecule has 0 aliphatic carbocycles. The lowest BCUT2D eigenvalue weighted by molar-refractivity contribution is -0.125.